The van der Waals surface area contributed by atoms with Crippen molar-refractivity contribution in [3.63, 3.8) is 0 Å². The van der Waals surface area contributed by atoms with Crippen LogP contribution in [0.5, 0.6) is 0 Å². The molecule has 0 saturated carbocycles. The van der Waals surface area contributed by atoms with E-state index in [0.29, 0.717) is 0 Å². The van der Waals surface area contributed by atoms with Gasteiger partial charge in [0.2, 0.25) is 0 Å². The van der Waals surface area contributed by atoms with Gasteiger partial charge in [-0.2, -0.15) is 0 Å². The first-order chi connectivity index (χ1) is 7.22. The van der Waals surface area contributed by atoms with Crippen molar-refractivity contribution in [3.8, 4) is 0 Å². The van der Waals surface area contributed by atoms with E-state index in [9.17, 15) is 0 Å². The summed E-state index contributed by atoms with van der Waals surface area (Å²) in [5.41, 5.74) is 0. The zero-order valence-electron chi connectivity index (χ0n) is 8.12. The highest BCUT2D eigenvalue weighted by atomic mass is 35.5. The number of benzene rings is 1. The van der Waals surface area contributed by atoms with Crippen molar-refractivity contribution in [2.75, 3.05) is 5.75 Å². The molecule has 1 heterocycles. The fourth-order valence-corrected chi connectivity index (χ4v) is 3.83. The van der Waals surface area contributed by atoms with Gasteiger partial charge in [0, 0.05) is 0 Å². The van der Waals surface area contributed by atoms with Crippen molar-refractivity contribution in [2.24, 2.45) is 0 Å². The Morgan fingerprint density at radius 1 is 1.53 bits per heavy atom. The van der Waals surface area contributed by atoms with Crippen molar-refractivity contribution in [1.29, 1.82) is 0 Å². The lowest BCUT2D eigenvalue weighted by Gasteiger charge is -1.94. The number of thioether (sulfide) groups is 1. The van der Waals surface area contributed by atoms with E-state index in [4.69, 9.17) is 23.8 Å². The summed E-state index contributed by atoms with van der Waals surface area (Å²) in [6.07, 6.45) is 0. The maximum atomic E-state index is 6.11. The quantitative estimate of drug-likeness (QED) is 0.707. The molecule has 0 aliphatic rings. The molecule has 2 aromatic rings. The molecule has 15 heavy (non-hydrogen) atoms. The van der Waals surface area contributed by atoms with Crippen LogP contribution in [-0.2, 0) is 0 Å². The molecular weight excluding hydrogens is 264 g/mol. The van der Waals surface area contributed by atoms with Gasteiger partial charge in [0.15, 0.2) is 0 Å². The Hall–Kier alpha value is -0.0900. The third-order valence-electron chi connectivity index (χ3n) is 1.97. The molecule has 0 aliphatic heterocycles. The summed E-state index contributed by atoms with van der Waals surface area (Å²) in [6, 6.07) is 8.08. The van der Waals surface area contributed by atoms with Crippen LogP contribution in [0.2, 0.25) is 5.02 Å². The zero-order valence-corrected chi connectivity index (χ0v) is 11.3. The maximum absolute atomic E-state index is 6.11. The summed E-state index contributed by atoms with van der Waals surface area (Å²) in [7, 11) is 0. The van der Waals surface area contributed by atoms with Crippen LogP contribution in [0.1, 0.15) is 11.8 Å². The SMILES string of the molecule is CCSC(=S)c1cc2cccc(Cl)c2s1. The summed E-state index contributed by atoms with van der Waals surface area (Å²) in [5.74, 6) is 1.01. The highest BCUT2D eigenvalue weighted by Crippen LogP contribution is 2.33. The van der Waals surface area contributed by atoms with Gasteiger partial charge in [-0.25, -0.2) is 0 Å². The average Bonchev–Trinajstić information content (AvgIpc) is 2.63. The van der Waals surface area contributed by atoms with E-state index >= 15 is 0 Å². The molecule has 0 nitrogen and oxygen atoms in total. The number of rotatable bonds is 2. The zero-order chi connectivity index (χ0) is 10.8. The fraction of sp³-hybridized carbons (Fsp3) is 0.182. The van der Waals surface area contributed by atoms with Gasteiger partial charge < -0.3 is 0 Å². The summed E-state index contributed by atoms with van der Waals surface area (Å²) >= 11 is 14.8. The van der Waals surface area contributed by atoms with Crippen molar-refractivity contribution >= 4 is 61.2 Å². The topological polar surface area (TPSA) is 0 Å². The molecule has 0 bridgehead atoms. The van der Waals surface area contributed by atoms with E-state index in [0.717, 1.165) is 24.5 Å². The van der Waals surface area contributed by atoms with Gasteiger partial charge in [-0.1, -0.05) is 42.9 Å². The second-order valence-corrected chi connectivity index (χ2v) is 6.39. The monoisotopic (exact) mass is 272 g/mol. The minimum atomic E-state index is 0.813. The Kier molecular flexibility index (Phi) is 3.67. The second kappa shape index (κ2) is 4.83. The number of hydrogen-bond acceptors (Lipinski definition) is 3. The molecule has 1 aromatic heterocycles. The van der Waals surface area contributed by atoms with E-state index < -0.39 is 0 Å². The Morgan fingerprint density at radius 2 is 2.33 bits per heavy atom. The van der Waals surface area contributed by atoms with Gasteiger partial charge in [0.1, 0.15) is 0 Å². The molecule has 2 rings (SSSR count). The van der Waals surface area contributed by atoms with Crippen LogP contribution < -0.4 is 0 Å². The summed E-state index contributed by atoms with van der Waals surface area (Å²) < 4.78 is 2.10. The predicted octanol–water partition coefficient (Wildman–Crippen LogP) is 4.98. The first-order valence-corrected chi connectivity index (χ1v) is 7.16. The van der Waals surface area contributed by atoms with Crippen LogP contribution >= 0.6 is 46.9 Å². The lowest BCUT2D eigenvalue weighted by atomic mass is 10.2. The van der Waals surface area contributed by atoms with Crippen LogP contribution in [0.15, 0.2) is 24.3 Å². The fourth-order valence-electron chi connectivity index (χ4n) is 1.33. The molecule has 0 fully saturated rings. The van der Waals surface area contributed by atoms with Gasteiger partial charge in [0.05, 0.1) is 18.8 Å². The molecule has 4 heteroatoms. The predicted molar refractivity (Wildman–Crippen MR) is 76.7 cm³/mol. The smallest absolute Gasteiger partial charge is 0.0878 e. The Morgan fingerprint density at radius 3 is 3.00 bits per heavy atom. The molecule has 1 aromatic carbocycles. The molecule has 0 spiro atoms. The van der Waals surface area contributed by atoms with Crippen LogP contribution in [-0.4, -0.2) is 9.95 Å². The Labute approximate surface area is 108 Å². The number of thiocarbonyl (C=S) groups is 1. The van der Waals surface area contributed by atoms with Gasteiger partial charge in [-0.05, 0) is 23.3 Å². The standard InChI is InChI=1S/C11H9ClS3/c1-2-14-11(13)9-6-7-4-3-5-8(12)10(7)15-9/h3-6H,2H2,1H3. The molecule has 0 atom stereocenters. The summed E-state index contributed by atoms with van der Waals surface area (Å²) in [5, 5.41) is 2.00. The molecule has 78 valence electrons. The van der Waals surface area contributed by atoms with Crippen molar-refractivity contribution in [3.05, 3.63) is 34.2 Å². The normalized spacial score (nSPS) is 10.8. The molecule has 0 amide bonds. The van der Waals surface area contributed by atoms with Crippen molar-refractivity contribution < 1.29 is 0 Å². The van der Waals surface area contributed by atoms with Crippen LogP contribution in [0.3, 0.4) is 0 Å². The summed E-state index contributed by atoms with van der Waals surface area (Å²) in [4.78, 5) is 1.15. The lowest BCUT2D eigenvalue weighted by Crippen LogP contribution is -1.85. The number of thiophene rings is 1. The minimum Gasteiger partial charge on any atom is -0.132 e. The third kappa shape index (κ3) is 2.36. The highest BCUT2D eigenvalue weighted by Gasteiger charge is 2.08. The van der Waals surface area contributed by atoms with Crippen molar-refractivity contribution in [2.45, 2.75) is 6.92 Å². The molecular formula is C11H9ClS3. The molecule has 0 saturated heterocycles. The number of halogens is 1. The van der Waals surface area contributed by atoms with E-state index in [1.165, 1.54) is 5.39 Å². The Bertz CT molecular complexity index is 502. The molecule has 0 radical (unpaired) electrons. The van der Waals surface area contributed by atoms with Gasteiger partial charge >= 0.3 is 0 Å². The van der Waals surface area contributed by atoms with Gasteiger partial charge in [0.25, 0.3) is 0 Å². The summed E-state index contributed by atoms with van der Waals surface area (Å²) in [6.45, 7) is 2.11. The average molecular weight is 273 g/mol. The largest absolute Gasteiger partial charge is 0.132 e. The van der Waals surface area contributed by atoms with E-state index in [-0.39, 0.29) is 0 Å². The van der Waals surface area contributed by atoms with E-state index in [2.05, 4.69) is 19.1 Å². The first-order valence-electron chi connectivity index (χ1n) is 4.57. The highest BCUT2D eigenvalue weighted by molar-refractivity contribution is 8.24. The van der Waals surface area contributed by atoms with Crippen molar-refractivity contribution in [1.82, 2.24) is 0 Å². The van der Waals surface area contributed by atoms with Crippen LogP contribution in [0, 0.1) is 0 Å². The lowest BCUT2D eigenvalue weighted by molar-refractivity contribution is 1.54. The molecule has 0 unspecified atom stereocenters. The third-order valence-corrected chi connectivity index (χ3v) is 5.20. The number of hydrogen-bond donors (Lipinski definition) is 0. The van der Waals surface area contributed by atoms with Crippen LogP contribution in [0.25, 0.3) is 10.1 Å². The van der Waals surface area contributed by atoms with E-state index in [1.807, 2.05) is 12.1 Å². The first kappa shape index (κ1) is 11.4. The Balaban J connectivity index is 2.47. The molecule has 0 aliphatic carbocycles. The molecule has 0 N–H and O–H groups in total. The van der Waals surface area contributed by atoms with E-state index in [1.54, 1.807) is 23.1 Å². The second-order valence-electron chi connectivity index (χ2n) is 2.99. The van der Waals surface area contributed by atoms with Gasteiger partial charge in [-0.3, -0.25) is 0 Å². The van der Waals surface area contributed by atoms with Crippen LogP contribution in [0.4, 0.5) is 0 Å². The number of fused-ring (bicyclic) bond motifs is 1. The maximum Gasteiger partial charge on any atom is 0.0878 e. The van der Waals surface area contributed by atoms with Gasteiger partial charge in [-0.15, -0.1) is 23.1 Å². The minimum absolute atomic E-state index is 0.813.